The fourth-order valence-corrected chi connectivity index (χ4v) is 9.99. The molecule has 0 radical (unpaired) electrons. The second-order valence-corrected chi connectivity index (χ2v) is 15.9. The Kier molecular flexibility index (Phi) is 6.77. The Labute approximate surface area is 325 Å². The van der Waals surface area contributed by atoms with E-state index < -0.39 is 0 Å². The van der Waals surface area contributed by atoms with Gasteiger partial charge < -0.3 is 8.83 Å². The maximum absolute atomic E-state index is 6.68. The van der Waals surface area contributed by atoms with Gasteiger partial charge in [-0.2, -0.15) is 0 Å². The zero-order valence-corrected chi connectivity index (χ0v) is 31.1. The Morgan fingerprint density at radius 1 is 0.518 bits per heavy atom. The number of benzene rings is 7. The highest BCUT2D eigenvalue weighted by Gasteiger charge is 2.24. The number of para-hydroxylation sites is 2. The van der Waals surface area contributed by atoms with Gasteiger partial charge in [-0.3, -0.25) is 0 Å². The van der Waals surface area contributed by atoms with Crippen LogP contribution in [-0.4, -0.2) is 15.0 Å². The Morgan fingerprint density at radius 3 is 2.02 bits per heavy atom. The Bertz CT molecular complexity index is 3440. The van der Waals surface area contributed by atoms with E-state index in [4.69, 9.17) is 23.8 Å². The van der Waals surface area contributed by atoms with Gasteiger partial charge >= 0.3 is 0 Å². The van der Waals surface area contributed by atoms with E-state index in [0.717, 1.165) is 83.3 Å². The molecule has 1 unspecified atom stereocenters. The van der Waals surface area contributed by atoms with Crippen LogP contribution in [0.3, 0.4) is 0 Å². The lowest BCUT2D eigenvalue weighted by Gasteiger charge is -2.14. The summed E-state index contributed by atoms with van der Waals surface area (Å²) in [7, 11) is 0. The fraction of sp³-hybridized carbons (Fsp3) is 0.0600. The smallest absolute Gasteiger partial charge is 0.164 e. The van der Waals surface area contributed by atoms with Crippen LogP contribution in [-0.2, 0) is 6.42 Å². The van der Waals surface area contributed by atoms with Crippen molar-refractivity contribution in [3.8, 4) is 45.3 Å². The molecule has 1 aliphatic rings. The van der Waals surface area contributed by atoms with E-state index in [1.165, 1.54) is 26.1 Å². The van der Waals surface area contributed by atoms with E-state index in [0.29, 0.717) is 23.4 Å². The summed E-state index contributed by atoms with van der Waals surface area (Å²) in [5.41, 5.74) is 9.48. The molecule has 4 aromatic heterocycles. The second kappa shape index (κ2) is 12.1. The SMILES string of the molecule is CC1C=Cc2c(sc3cccc(-c4cc(-c5nc(-c6ccc7ccccc7c6)nc(-c6cccc7oc8ccccc8c67)n5)c5c(c4)oc4ccccc45)c23)C1. The van der Waals surface area contributed by atoms with Gasteiger partial charge in [0.1, 0.15) is 22.3 Å². The van der Waals surface area contributed by atoms with E-state index in [9.17, 15) is 0 Å². The van der Waals surface area contributed by atoms with Crippen molar-refractivity contribution in [2.24, 2.45) is 5.92 Å². The van der Waals surface area contributed by atoms with Gasteiger partial charge in [-0.25, -0.2) is 15.0 Å². The monoisotopic (exact) mass is 737 g/mol. The van der Waals surface area contributed by atoms with Crippen molar-refractivity contribution in [1.82, 2.24) is 15.0 Å². The van der Waals surface area contributed by atoms with Crippen molar-refractivity contribution in [3.05, 3.63) is 156 Å². The summed E-state index contributed by atoms with van der Waals surface area (Å²) in [6.45, 7) is 2.29. The molecule has 0 aliphatic heterocycles. The highest BCUT2D eigenvalue weighted by molar-refractivity contribution is 7.19. The van der Waals surface area contributed by atoms with Crippen molar-refractivity contribution < 1.29 is 8.83 Å². The molecule has 0 saturated carbocycles. The third-order valence-corrected chi connectivity index (χ3v) is 12.4. The highest BCUT2D eigenvalue weighted by atomic mass is 32.1. The second-order valence-electron chi connectivity index (χ2n) is 14.8. The number of allylic oxidation sites excluding steroid dienone is 1. The van der Waals surface area contributed by atoms with Gasteiger partial charge in [0, 0.05) is 53.2 Å². The Balaban J connectivity index is 1.17. The number of furan rings is 2. The highest BCUT2D eigenvalue weighted by Crippen LogP contribution is 2.46. The average molecular weight is 738 g/mol. The zero-order valence-electron chi connectivity index (χ0n) is 30.3. The minimum absolute atomic E-state index is 0.526. The minimum atomic E-state index is 0.526. The van der Waals surface area contributed by atoms with Crippen molar-refractivity contribution in [3.63, 3.8) is 0 Å². The van der Waals surface area contributed by atoms with Crippen LogP contribution in [0.15, 0.2) is 154 Å². The molecule has 1 aliphatic carbocycles. The predicted octanol–water partition coefficient (Wildman–Crippen LogP) is 13.9. The van der Waals surface area contributed by atoms with E-state index >= 15 is 0 Å². The van der Waals surface area contributed by atoms with Crippen molar-refractivity contribution in [2.75, 3.05) is 0 Å². The average Bonchev–Trinajstić information content (AvgIpc) is 3.94. The molecule has 264 valence electrons. The molecule has 0 N–H and O–H groups in total. The van der Waals surface area contributed by atoms with Gasteiger partial charge in [-0.1, -0.05) is 116 Å². The van der Waals surface area contributed by atoms with E-state index in [2.05, 4.69) is 116 Å². The topological polar surface area (TPSA) is 65.0 Å². The largest absolute Gasteiger partial charge is 0.456 e. The Morgan fingerprint density at radius 2 is 1.18 bits per heavy atom. The summed E-state index contributed by atoms with van der Waals surface area (Å²) >= 11 is 1.91. The van der Waals surface area contributed by atoms with Crippen LogP contribution in [0.1, 0.15) is 17.4 Å². The molecule has 1 atom stereocenters. The maximum atomic E-state index is 6.68. The molecule has 0 spiro atoms. The van der Waals surface area contributed by atoms with E-state index in [1.807, 2.05) is 53.8 Å². The molecule has 7 aromatic carbocycles. The van der Waals surface area contributed by atoms with Gasteiger partial charge in [-0.15, -0.1) is 11.3 Å². The first kappa shape index (κ1) is 31.5. The minimum Gasteiger partial charge on any atom is -0.456 e. The summed E-state index contributed by atoms with van der Waals surface area (Å²) in [5, 5.41) is 7.56. The number of fused-ring (bicyclic) bond motifs is 10. The summed E-state index contributed by atoms with van der Waals surface area (Å²) in [5.74, 6) is 2.28. The molecule has 4 heterocycles. The number of nitrogens with zero attached hydrogens (tertiary/aromatic N) is 3. The first-order valence-corrected chi connectivity index (χ1v) is 19.8. The molecular formula is C50H31N3O2S. The van der Waals surface area contributed by atoms with Gasteiger partial charge in [0.2, 0.25) is 0 Å². The molecule has 0 bridgehead atoms. The first-order chi connectivity index (χ1) is 27.6. The van der Waals surface area contributed by atoms with E-state index in [-0.39, 0.29) is 0 Å². The summed E-state index contributed by atoms with van der Waals surface area (Å²) in [6.07, 6.45) is 5.71. The molecule has 11 aromatic rings. The first-order valence-electron chi connectivity index (χ1n) is 19.0. The molecule has 5 nitrogen and oxygen atoms in total. The molecule has 6 heteroatoms. The van der Waals surface area contributed by atoms with Gasteiger partial charge in [0.25, 0.3) is 0 Å². The number of rotatable bonds is 4. The van der Waals surface area contributed by atoms with Crippen LogP contribution < -0.4 is 0 Å². The van der Waals surface area contributed by atoms with Gasteiger partial charge in [0.05, 0.1) is 0 Å². The molecule has 0 amide bonds. The van der Waals surface area contributed by atoms with Crippen LogP contribution >= 0.6 is 11.3 Å². The number of thiophene rings is 1. The molecule has 12 rings (SSSR count). The number of hydrogen-bond donors (Lipinski definition) is 0. The molecule has 56 heavy (non-hydrogen) atoms. The Hall–Kier alpha value is -6.89. The zero-order chi connectivity index (χ0) is 36.9. The maximum Gasteiger partial charge on any atom is 0.164 e. The van der Waals surface area contributed by atoms with E-state index in [1.54, 1.807) is 0 Å². The quantitative estimate of drug-likeness (QED) is 0.180. The standard InChI is InChI=1S/C50H31N3O2S/c1-28-20-23-36-44(24-28)56-43-19-9-14-33(47(36)43)32-26-38(46-35-13-5-7-17-40(35)55-42(46)27-32)50-52-48(31-22-21-29-10-2-3-11-30(29)25-31)51-49(53-50)37-15-8-18-41-45(37)34-12-4-6-16-39(34)54-41/h2-23,25-28H,24H2,1H3. The van der Waals surface area contributed by atoms with Crippen molar-refractivity contribution in [2.45, 2.75) is 13.3 Å². The van der Waals surface area contributed by atoms with Crippen LogP contribution in [0.5, 0.6) is 0 Å². The van der Waals surface area contributed by atoms with Crippen molar-refractivity contribution in [1.29, 1.82) is 0 Å². The van der Waals surface area contributed by atoms with Gasteiger partial charge in [-0.05, 0) is 82.3 Å². The summed E-state index contributed by atoms with van der Waals surface area (Å²) in [6, 6.07) is 48.4. The predicted molar refractivity (Wildman–Crippen MR) is 231 cm³/mol. The van der Waals surface area contributed by atoms with Crippen LogP contribution in [0.25, 0.3) is 116 Å². The van der Waals surface area contributed by atoms with Crippen LogP contribution in [0.2, 0.25) is 0 Å². The normalized spacial score (nSPS) is 14.2. The third kappa shape index (κ3) is 4.82. The summed E-state index contributed by atoms with van der Waals surface area (Å²) in [4.78, 5) is 17.4. The number of hydrogen-bond acceptors (Lipinski definition) is 6. The van der Waals surface area contributed by atoms with Crippen LogP contribution in [0.4, 0.5) is 0 Å². The van der Waals surface area contributed by atoms with Crippen LogP contribution in [0, 0.1) is 5.92 Å². The molecule has 0 saturated heterocycles. The molecule has 0 fully saturated rings. The molecular weight excluding hydrogens is 707 g/mol. The lowest BCUT2D eigenvalue weighted by Crippen LogP contribution is -2.01. The third-order valence-electron chi connectivity index (χ3n) is 11.2. The van der Waals surface area contributed by atoms with Gasteiger partial charge in [0.15, 0.2) is 17.5 Å². The lowest BCUT2D eigenvalue weighted by atomic mass is 9.91. The summed E-state index contributed by atoms with van der Waals surface area (Å²) < 4.78 is 14.3. The number of aromatic nitrogens is 3. The van der Waals surface area contributed by atoms with Crippen molar-refractivity contribution >= 4 is 82.1 Å². The lowest BCUT2D eigenvalue weighted by molar-refractivity contribution is 0.668. The fourth-order valence-electron chi connectivity index (χ4n) is 8.63.